The molecule has 0 radical (unpaired) electrons. The van der Waals surface area contributed by atoms with Crippen molar-refractivity contribution in [3.05, 3.63) is 57.8 Å². The van der Waals surface area contributed by atoms with Crippen LogP contribution in [0.4, 0.5) is 10.1 Å². The van der Waals surface area contributed by atoms with Gasteiger partial charge in [0.25, 0.3) is 10.0 Å². The highest BCUT2D eigenvalue weighted by molar-refractivity contribution is 9.10. The minimum absolute atomic E-state index is 0.00144. The number of hydrogen-bond donors (Lipinski definition) is 1. The third-order valence-electron chi connectivity index (χ3n) is 2.90. The molecule has 1 N–H and O–H groups in total. The van der Waals surface area contributed by atoms with Crippen molar-refractivity contribution in [1.82, 2.24) is 0 Å². The summed E-state index contributed by atoms with van der Waals surface area (Å²) in [7, 11) is -3.77. The van der Waals surface area contributed by atoms with Gasteiger partial charge in [-0.2, -0.15) is 0 Å². The zero-order valence-corrected chi connectivity index (χ0v) is 13.3. The lowest BCUT2D eigenvalue weighted by Gasteiger charge is -2.14. The van der Waals surface area contributed by atoms with Crippen LogP contribution in [0.2, 0.25) is 0 Å². The molecule has 2 aromatic carbocycles. The second-order valence-corrected chi connectivity index (χ2v) is 6.95. The second kappa shape index (κ2) is 5.54. The molecule has 0 unspecified atom stereocenters. The molecule has 0 saturated carbocycles. The van der Waals surface area contributed by atoms with Crippen molar-refractivity contribution in [2.75, 3.05) is 4.72 Å². The summed E-state index contributed by atoms with van der Waals surface area (Å²) in [5, 5.41) is 0. The van der Waals surface area contributed by atoms with Gasteiger partial charge in [0.2, 0.25) is 0 Å². The van der Waals surface area contributed by atoms with Gasteiger partial charge in [-0.1, -0.05) is 18.2 Å². The first-order chi connectivity index (χ1) is 9.31. The maximum absolute atomic E-state index is 13.0. The van der Waals surface area contributed by atoms with E-state index in [0.29, 0.717) is 5.69 Å². The summed E-state index contributed by atoms with van der Waals surface area (Å²) >= 11 is 3.07. The van der Waals surface area contributed by atoms with E-state index in [-0.39, 0.29) is 9.37 Å². The maximum atomic E-state index is 13.0. The Morgan fingerprint density at radius 3 is 2.25 bits per heavy atom. The van der Waals surface area contributed by atoms with E-state index in [9.17, 15) is 12.8 Å². The summed E-state index contributed by atoms with van der Waals surface area (Å²) in [6.07, 6.45) is 0. The van der Waals surface area contributed by atoms with E-state index in [2.05, 4.69) is 20.7 Å². The van der Waals surface area contributed by atoms with Crippen molar-refractivity contribution in [3.8, 4) is 0 Å². The zero-order valence-electron chi connectivity index (χ0n) is 10.9. The lowest BCUT2D eigenvalue weighted by Crippen LogP contribution is -2.15. The smallest absolute Gasteiger partial charge is 0.263 e. The Labute approximate surface area is 126 Å². The van der Waals surface area contributed by atoms with E-state index in [0.717, 1.165) is 23.3 Å². The van der Waals surface area contributed by atoms with E-state index in [4.69, 9.17) is 0 Å². The Morgan fingerprint density at radius 2 is 1.70 bits per heavy atom. The van der Waals surface area contributed by atoms with Crippen LogP contribution in [-0.4, -0.2) is 8.42 Å². The van der Waals surface area contributed by atoms with Gasteiger partial charge in [-0.05, 0) is 59.1 Å². The first kappa shape index (κ1) is 15.0. The largest absolute Gasteiger partial charge is 0.279 e. The van der Waals surface area contributed by atoms with Gasteiger partial charge in [0, 0.05) is 4.47 Å². The van der Waals surface area contributed by atoms with E-state index in [1.807, 2.05) is 32.0 Å². The fraction of sp³-hybridized carbons (Fsp3) is 0.143. The van der Waals surface area contributed by atoms with Crippen molar-refractivity contribution < 1.29 is 12.8 Å². The number of anilines is 1. The molecule has 0 aliphatic heterocycles. The van der Waals surface area contributed by atoms with Gasteiger partial charge in [0.1, 0.15) is 10.7 Å². The molecule has 6 heteroatoms. The van der Waals surface area contributed by atoms with Gasteiger partial charge >= 0.3 is 0 Å². The van der Waals surface area contributed by atoms with Gasteiger partial charge in [-0.25, -0.2) is 12.8 Å². The zero-order chi connectivity index (χ0) is 14.9. The lowest BCUT2D eigenvalue weighted by molar-refractivity contribution is 0.599. The molecule has 0 aliphatic rings. The average molecular weight is 358 g/mol. The molecule has 0 heterocycles. The third kappa shape index (κ3) is 3.02. The normalized spacial score (nSPS) is 11.4. The van der Waals surface area contributed by atoms with Crippen LogP contribution < -0.4 is 4.72 Å². The first-order valence-corrected chi connectivity index (χ1v) is 8.13. The predicted molar refractivity (Wildman–Crippen MR) is 80.8 cm³/mol. The molecule has 0 atom stereocenters. The van der Waals surface area contributed by atoms with Gasteiger partial charge < -0.3 is 0 Å². The fourth-order valence-corrected chi connectivity index (χ4v) is 4.11. The van der Waals surface area contributed by atoms with Crippen molar-refractivity contribution in [3.63, 3.8) is 0 Å². The van der Waals surface area contributed by atoms with Crippen LogP contribution >= 0.6 is 15.9 Å². The summed E-state index contributed by atoms with van der Waals surface area (Å²) in [6, 6.07) is 8.98. The van der Waals surface area contributed by atoms with Crippen LogP contribution in [0.15, 0.2) is 45.8 Å². The molecule has 0 aromatic heterocycles. The molecule has 2 rings (SSSR count). The number of rotatable bonds is 3. The van der Waals surface area contributed by atoms with E-state index in [1.165, 1.54) is 6.07 Å². The number of para-hydroxylation sites is 1. The molecule has 0 aliphatic carbocycles. The molecule has 0 bridgehead atoms. The first-order valence-electron chi connectivity index (χ1n) is 5.85. The standard InChI is InChI=1S/C14H13BrFNO2S/c1-9-4-3-5-10(2)14(9)17-20(18,19)13-7-6-11(16)8-12(13)15/h3-8,17H,1-2H3. The Morgan fingerprint density at radius 1 is 1.10 bits per heavy atom. The summed E-state index contributed by atoms with van der Waals surface area (Å²) in [5.74, 6) is -0.497. The average Bonchev–Trinajstić information content (AvgIpc) is 2.33. The van der Waals surface area contributed by atoms with Crippen molar-refractivity contribution >= 4 is 31.6 Å². The lowest BCUT2D eigenvalue weighted by atomic mass is 10.1. The Kier molecular flexibility index (Phi) is 4.15. The topological polar surface area (TPSA) is 46.2 Å². The van der Waals surface area contributed by atoms with Crippen LogP contribution in [0.1, 0.15) is 11.1 Å². The van der Waals surface area contributed by atoms with Crippen LogP contribution in [0.5, 0.6) is 0 Å². The third-order valence-corrected chi connectivity index (χ3v) is 5.23. The van der Waals surface area contributed by atoms with Crippen LogP contribution in [0.25, 0.3) is 0 Å². The minimum Gasteiger partial charge on any atom is -0.279 e. The highest BCUT2D eigenvalue weighted by Gasteiger charge is 2.19. The van der Waals surface area contributed by atoms with E-state index >= 15 is 0 Å². The number of benzene rings is 2. The number of hydrogen-bond acceptors (Lipinski definition) is 2. The molecule has 0 spiro atoms. The summed E-state index contributed by atoms with van der Waals surface area (Å²) in [5.41, 5.74) is 2.20. The molecule has 106 valence electrons. The summed E-state index contributed by atoms with van der Waals surface area (Å²) in [6.45, 7) is 3.65. The van der Waals surface area contributed by atoms with Crippen molar-refractivity contribution in [2.45, 2.75) is 18.7 Å². The Bertz CT molecular complexity index is 740. The molecule has 3 nitrogen and oxygen atoms in total. The molecule has 20 heavy (non-hydrogen) atoms. The summed E-state index contributed by atoms with van der Waals surface area (Å²) < 4.78 is 40.5. The SMILES string of the molecule is Cc1cccc(C)c1NS(=O)(=O)c1ccc(F)cc1Br. The minimum atomic E-state index is -3.77. The number of aryl methyl sites for hydroxylation is 2. The quantitative estimate of drug-likeness (QED) is 0.901. The molecule has 0 fully saturated rings. The van der Waals surface area contributed by atoms with Crippen LogP contribution in [-0.2, 0) is 10.0 Å². The van der Waals surface area contributed by atoms with Crippen LogP contribution in [0.3, 0.4) is 0 Å². The maximum Gasteiger partial charge on any atom is 0.263 e. The molecule has 2 aromatic rings. The molecular formula is C14H13BrFNO2S. The highest BCUT2D eigenvalue weighted by atomic mass is 79.9. The summed E-state index contributed by atoms with van der Waals surface area (Å²) in [4.78, 5) is 0.00144. The van der Waals surface area contributed by atoms with E-state index in [1.54, 1.807) is 0 Å². The number of nitrogens with one attached hydrogen (secondary N) is 1. The number of sulfonamides is 1. The van der Waals surface area contributed by atoms with Gasteiger partial charge in [0.05, 0.1) is 5.69 Å². The molecule has 0 amide bonds. The van der Waals surface area contributed by atoms with Gasteiger partial charge in [0.15, 0.2) is 0 Å². The van der Waals surface area contributed by atoms with E-state index < -0.39 is 15.8 Å². The number of halogens is 2. The predicted octanol–water partition coefficient (Wildman–Crippen LogP) is 4.01. The molecule has 0 saturated heterocycles. The van der Waals surface area contributed by atoms with Gasteiger partial charge in [-0.15, -0.1) is 0 Å². The highest BCUT2D eigenvalue weighted by Crippen LogP contribution is 2.27. The van der Waals surface area contributed by atoms with Crippen molar-refractivity contribution in [2.24, 2.45) is 0 Å². The monoisotopic (exact) mass is 357 g/mol. The second-order valence-electron chi connectivity index (χ2n) is 4.45. The van der Waals surface area contributed by atoms with Crippen molar-refractivity contribution in [1.29, 1.82) is 0 Å². The van der Waals surface area contributed by atoms with Crippen LogP contribution in [0, 0.1) is 19.7 Å². The Balaban J connectivity index is 2.46. The van der Waals surface area contributed by atoms with Gasteiger partial charge in [-0.3, -0.25) is 4.72 Å². The molecular weight excluding hydrogens is 345 g/mol. The Hall–Kier alpha value is -1.40. The fourth-order valence-electron chi connectivity index (χ4n) is 1.86.